The molecule has 0 aliphatic carbocycles. The van der Waals surface area contributed by atoms with E-state index < -0.39 is 90.4 Å². The lowest BCUT2D eigenvalue weighted by molar-refractivity contribution is -0.158. The number of para-hydroxylation sites is 1. The highest BCUT2D eigenvalue weighted by Crippen LogP contribution is 2.28. The average Bonchev–Trinajstić information content (AvgIpc) is 3.77. The Kier molecular flexibility index (Phi) is 12.3. The monoisotopic (exact) mass is 758 g/mol. The van der Waals surface area contributed by atoms with E-state index in [2.05, 4.69) is 21.3 Å². The largest absolute Gasteiger partial charge is 0.461 e. The fourth-order valence-electron chi connectivity index (χ4n) is 7.95. The van der Waals surface area contributed by atoms with E-state index in [4.69, 9.17) is 10.5 Å². The number of anilines is 1. The number of esters is 1. The standard InChI is InChI=1S/C39H50N8O8/c1-23-17-32-38(53)55-22-29(43-33(48)28(18-25-11-5-3-6-12-25)44-39(54)42-27-13-7-4-8-14-27)36(51)47-21-26(40)19-31(47)37(52)45-16-10-9-15-30(45)34(49)41-24(2)35(50)46(32)20-23/h3-8,11-14,23-24,26,28-32H,9-10,15-22,40H2,1-2H3,(H,41,49)(H,43,48)(H2,42,44,54)/t23-,24+,26?,28+,29+,30+,31+,32+/m1/s1. The molecule has 6 N–H and O–H groups in total. The summed E-state index contributed by atoms with van der Waals surface area (Å²) in [5.41, 5.74) is 7.58. The number of nitrogens with one attached hydrogen (secondary N) is 4. The third kappa shape index (κ3) is 9.24. The van der Waals surface area contributed by atoms with Gasteiger partial charge in [-0.25, -0.2) is 9.59 Å². The number of carbonyl (C=O) groups is 7. The summed E-state index contributed by atoms with van der Waals surface area (Å²) in [5.74, 6) is -3.73. The van der Waals surface area contributed by atoms with Crippen LogP contribution >= 0.6 is 0 Å². The zero-order valence-corrected chi connectivity index (χ0v) is 31.1. The van der Waals surface area contributed by atoms with Crippen molar-refractivity contribution in [1.82, 2.24) is 30.7 Å². The number of hydrogen-bond acceptors (Lipinski definition) is 9. The van der Waals surface area contributed by atoms with E-state index in [-0.39, 0.29) is 38.4 Å². The molecule has 2 aromatic carbocycles. The molecular formula is C39H50N8O8. The number of amides is 7. The number of piperidine rings is 1. The molecule has 4 aliphatic heterocycles. The molecule has 4 saturated heterocycles. The number of fused-ring (bicyclic) bond motifs is 3. The summed E-state index contributed by atoms with van der Waals surface area (Å²) in [5, 5.41) is 10.9. The molecule has 55 heavy (non-hydrogen) atoms. The van der Waals surface area contributed by atoms with Crippen molar-refractivity contribution in [3.05, 3.63) is 66.2 Å². The Labute approximate surface area is 319 Å². The molecule has 0 spiro atoms. The number of cyclic esters (lactones) is 1. The lowest BCUT2D eigenvalue weighted by Gasteiger charge is -2.39. The molecule has 16 heteroatoms. The van der Waals surface area contributed by atoms with Gasteiger partial charge in [-0.15, -0.1) is 0 Å². The number of nitrogens with two attached hydrogens (primary N) is 1. The molecule has 0 saturated carbocycles. The smallest absolute Gasteiger partial charge is 0.328 e. The summed E-state index contributed by atoms with van der Waals surface area (Å²) in [6.45, 7) is 3.32. The Balaban J connectivity index is 1.31. The molecule has 6 rings (SSSR count). The molecule has 294 valence electrons. The van der Waals surface area contributed by atoms with Gasteiger partial charge in [-0.3, -0.25) is 24.0 Å². The van der Waals surface area contributed by atoms with Crippen LogP contribution in [-0.2, 0) is 39.9 Å². The van der Waals surface area contributed by atoms with Gasteiger partial charge in [0.2, 0.25) is 29.5 Å². The maximum absolute atomic E-state index is 14.5. The van der Waals surface area contributed by atoms with Crippen LogP contribution in [0.5, 0.6) is 0 Å². The second-order valence-electron chi connectivity index (χ2n) is 15.0. The predicted octanol–water partition coefficient (Wildman–Crippen LogP) is 0.512. The van der Waals surface area contributed by atoms with Crippen LogP contribution < -0.4 is 27.0 Å². The Hall–Kier alpha value is -5.51. The van der Waals surface area contributed by atoms with Crippen LogP contribution in [0.25, 0.3) is 0 Å². The molecular weight excluding hydrogens is 708 g/mol. The van der Waals surface area contributed by atoms with E-state index in [0.717, 1.165) is 5.56 Å². The minimum Gasteiger partial charge on any atom is -0.461 e. The first-order valence-electron chi connectivity index (χ1n) is 19.0. The highest BCUT2D eigenvalue weighted by atomic mass is 16.5. The molecule has 2 aromatic rings. The average molecular weight is 759 g/mol. The maximum Gasteiger partial charge on any atom is 0.328 e. The first-order valence-corrected chi connectivity index (χ1v) is 19.0. The summed E-state index contributed by atoms with van der Waals surface area (Å²) in [4.78, 5) is 101. The number of hydrogen-bond donors (Lipinski definition) is 5. The van der Waals surface area contributed by atoms with Gasteiger partial charge in [0.15, 0.2) is 0 Å². The zero-order chi connectivity index (χ0) is 39.2. The van der Waals surface area contributed by atoms with Crippen LogP contribution in [0.4, 0.5) is 10.5 Å². The van der Waals surface area contributed by atoms with Gasteiger partial charge in [0.1, 0.15) is 42.9 Å². The van der Waals surface area contributed by atoms with Crippen LogP contribution in [0.1, 0.15) is 51.5 Å². The van der Waals surface area contributed by atoms with Crippen LogP contribution in [-0.4, -0.2) is 125 Å². The lowest BCUT2D eigenvalue weighted by Crippen LogP contribution is -2.62. The van der Waals surface area contributed by atoms with Crippen LogP contribution in [0, 0.1) is 5.92 Å². The third-order valence-electron chi connectivity index (χ3n) is 10.7. The molecule has 0 aromatic heterocycles. The number of urea groups is 1. The summed E-state index contributed by atoms with van der Waals surface area (Å²) in [7, 11) is 0. The molecule has 4 aliphatic rings. The van der Waals surface area contributed by atoms with E-state index in [1.165, 1.54) is 14.7 Å². The normalized spacial score (nSPS) is 28.3. The summed E-state index contributed by atoms with van der Waals surface area (Å²) in [6.07, 6.45) is 2.16. The molecule has 16 nitrogen and oxygen atoms in total. The SMILES string of the molecule is C[C@@H]1C[C@H]2C(=O)OC[C@H](NC(=O)[C@H](Cc3ccccc3)NC(=O)Nc3ccccc3)C(=O)N3CC(N)C[C@H]3C(=O)N3CCCC[C@H]3C(=O)N[C@@H](C)C(=O)N2C1. The third-order valence-corrected chi connectivity index (χ3v) is 10.7. The highest BCUT2D eigenvalue weighted by molar-refractivity contribution is 5.98. The van der Waals surface area contributed by atoms with Crippen molar-refractivity contribution >= 4 is 47.2 Å². The molecule has 8 atom stereocenters. The fourth-order valence-corrected chi connectivity index (χ4v) is 7.95. The predicted molar refractivity (Wildman–Crippen MR) is 200 cm³/mol. The number of benzene rings is 2. The van der Waals surface area contributed by atoms with Crippen LogP contribution in [0.3, 0.4) is 0 Å². The summed E-state index contributed by atoms with van der Waals surface area (Å²) >= 11 is 0. The Morgan fingerprint density at radius 1 is 0.836 bits per heavy atom. The highest BCUT2D eigenvalue weighted by Gasteiger charge is 2.47. The van der Waals surface area contributed by atoms with Crippen molar-refractivity contribution in [2.45, 2.75) is 94.7 Å². The maximum atomic E-state index is 14.5. The molecule has 4 heterocycles. The fraction of sp³-hybridized carbons (Fsp3) is 0.513. The van der Waals surface area contributed by atoms with Gasteiger partial charge >= 0.3 is 12.0 Å². The van der Waals surface area contributed by atoms with E-state index in [1.54, 1.807) is 61.5 Å². The number of nitrogens with zero attached hydrogens (tertiary/aromatic N) is 3. The molecule has 1 unspecified atom stereocenters. The second-order valence-corrected chi connectivity index (χ2v) is 15.0. The van der Waals surface area contributed by atoms with E-state index in [0.29, 0.717) is 31.4 Å². The minimum atomic E-state index is -1.50. The Morgan fingerprint density at radius 3 is 2.25 bits per heavy atom. The van der Waals surface area contributed by atoms with Crippen molar-refractivity contribution in [2.24, 2.45) is 11.7 Å². The van der Waals surface area contributed by atoms with Gasteiger partial charge in [-0.1, -0.05) is 55.5 Å². The lowest BCUT2D eigenvalue weighted by atomic mass is 9.99. The van der Waals surface area contributed by atoms with E-state index >= 15 is 0 Å². The topological polar surface area (TPSA) is 213 Å². The zero-order valence-electron chi connectivity index (χ0n) is 31.1. The van der Waals surface area contributed by atoms with E-state index in [1.807, 2.05) is 13.0 Å². The molecule has 0 radical (unpaired) electrons. The van der Waals surface area contributed by atoms with Crippen molar-refractivity contribution in [1.29, 1.82) is 0 Å². The van der Waals surface area contributed by atoms with Gasteiger partial charge < -0.3 is 46.4 Å². The van der Waals surface area contributed by atoms with Gasteiger partial charge in [-0.05, 0) is 62.6 Å². The van der Waals surface area contributed by atoms with Gasteiger partial charge in [-0.2, -0.15) is 0 Å². The number of rotatable bonds is 6. The van der Waals surface area contributed by atoms with Crippen molar-refractivity contribution in [3.8, 4) is 0 Å². The van der Waals surface area contributed by atoms with Gasteiger partial charge in [0.05, 0.1) is 0 Å². The summed E-state index contributed by atoms with van der Waals surface area (Å²) < 4.78 is 5.73. The van der Waals surface area contributed by atoms with Gasteiger partial charge in [0, 0.05) is 37.8 Å². The van der Waals surface area contributed by atoms with Crippen molar-refractivity contribution in [2.75, 3.05) is 31.6 Å². The first-order chi connectivity index (χ1) is 26.4. The molecule has 4 fully saturated rings. The number of carbonyl (C=O) groups excluding carboxylic acids is 7. The Morgan fingerprint density at radius 2 is 1.53 bits per heavy atom. The minimum absolute atomic E-state index is 0.0229. The van der Waals surface area contributed by atoms with Crippen LogP contribution in [0.2, 0.25) is 0 Å². The van der Waals surface area contributed by atoms with Crippen LogP contribution in [0.15, 0.2) is 60.7 Å². The van der Waals surface area contributed by atoms with Gasteiger partial charge in [0.25, 0.3) is 0 Å². The summed E-state index contributed by atoms with van der Waals surface area (Å²) in [6, 6.07) is 9.82. The van der Waals surface area contributed by atoms with Crippen molar-refractivity contribution < 1.29 is 38.3 Å². The quantitative estimate of drug-likeness (QED) is 0.260. The second kappa shape index (κ2) is 17.3. The van der Waals surface area contributed by atoms with E-state index in [9.17, 15) is 33.6 Å². The first kappa shape index (κ1) is 39.2. The Bertz CT molecular complexity index is 1760. The molecule has 0 bridgehead atoms. The number of ether oxygens (including phenoxy) is 1. The van der Waals surface area contributed by atoms with Crippen molar-refractivity contribution in [3.63, 3.8) is 0 Å². The molecule has 7 amide bonds.